The van der Waals surface area contributed by atoms with Crippen LogP contribution < -0.4 is 5.32 Å². The number of rotatable bonds is 5. The number of nitrogens with zero attached hydrogens (tertiary/aromatic N) is 1. The molecular weight excluding hydrogens is 291 g/mol. The smallest absolute Gasteiger partial charge is 0.230 e. The largest absolute Gasteiger partial charge is 0.354 e. The molecular formula is C19H27FN2O. The van der Waals surface area contributed by atoms with Crippen LogP contribution in [0.2, 0.25) is 0 Å². The molecule has 0 unspecified atom stereocenters. The van der Waals surface area contributed by atoms with Gasteiger partial charge in [0.15, 0.2) is 0 Å². The van der Waals surface area contributed by atoms with Crippen molar-refractivity contribution in [3.8, 4) is 0 Å². The molecule has 1 aliphatic heterocycles. The molecule has 23 heavy (non-hydrogen) atoms. The van der Waals surface area contributed by atoms with Crippen molar-refractivity contribution in [2.24, 2.45) is 0 Å². The zero-order valence-corrected chi connectivity index (χ0v) is 13.8. The van der Waals surface area contributed by atoms with Gasteiger partial charge in [-0.1, -0.05) is 31.4 Å². The van der Waals surface area contributed by atoms with E-state index in [0.717, 1.165) is 50.9 Å². The number of amides is 1. The number of hydrogen-bond donors (Lipinski definition) is 1. The van der Waals surface area contributed by atoms with Gasteiger partial charge in [-0.15, -0.1) is 0 Å². The highest BCUT2D eigenvalue weighted by Gasteiger charge is 2.42. The maximum Gasteiger partial charge on any atom is 0.230 e. The van der Waals surface area contributed by atoms with Crippen molar-refractivity contribution in [2.45, 2.75) is 50.4 Å². The average molecular weight is 318 g/mol. The Kier molecular flexibility index (Phi) is 5.31. The summed E-state index contributed by atoms with van der Waals surface area (Å²) in [6.07, 6.45) is 7.58. The highest BCUT2D eigenvalue weighted by Crippen LogP contribution is 2.41. The Hall–Kier alpha value is -1.42. The summed E-state index contributed by atoms with van der Waals surface area (Å²) in [6, 6.07) is 6.60. The molecule has 1 N–H and O–H groups in total. The van der Waals surface area contributed by atoms with Crippen molar-refractivity contribution in [1.29, 1.82) is 0 Å². The van der Waals surface area contributed by atoms with Crippen LogP contribution in [0.3, 0.4) is 0 Å². The van der Waals surface area contributed by atoms with Gasteiger partial charge in [0.1, 0.15) is 5.82 Å². The number of halogens is 1. The number of piperidine rings is 1. The number of likely N-dealkylation sites (tertiary alicyclic amines) is 1. The Morgan fingerprint density at radius 1 is 1.13 bits per heavy atom. The lowest BCUT2D eigenvalue weighted by Gasteiger charge is -2.30. The fourth-order valence-corrected chi connectivity index (χ4v) is 4.09. The number of carbonyl (C=O) groups is 1. The highest BCUT2D eigenvalue weighted by atomic mass is 19.1. The van der Waals surface area contributed by atoms with Gasteiger partial charge in [0.25, 0.3) is 0 Å². The second-order valence-corrected chi connectivity index (χ2v) is 6.96. The lowest BCUT2D eigenvalue weighted by atomic mass is 9.78. The van der Waals surface area contributed by atoms with Crippen LogP contribution >= 0.6 is 0 Å². The molecule has 1 amide bonds. The minimum Gasteiger partial charge on any atom is -0.354 e. The average Bonchev–Trinajstić information content (AvgIpc) is 3.07. The van der Waals surface area contributed by atoms with Crippen LogP contribution in [0.5, 0.6) is 0 Å². The van der Waals surface area contributed by atoms with Crippen LogP contribution in [0.15, 0.2) is 24.3 Å². The molecule has 0 radical (unpaired) electrons. The summed E-state index contributed by atoms with van der Waals surface area (Å²) in [6.45, 7) is 3.90. The summed E-state index contributed by atoms with van der Waals surface area (Å²) in [4.78, 5) is 15.3. The van der Waals surface area contributed by atoms with Gasteiger partial charge in [-0.25, -0.2) is 4.39 Å². The van der Waals surface area contributed by atoms with E-state index in [9.17, 15) is 9.18 Å². The van der Waals surface area contributed by atoms with Crippen molar-refractivity contribution < 1.29 is 9.18 Å². The van der Waals surface area contributed by atoms with E-state index in [1.54, 1.807) is 6.07 Å². The maximum atomic E-state index is 13.6. The lowest BCUT2D eigenvalue weighted by molar-refractivity contribution is -0.126. The molecule has 1 aromatic carbocycles. The van der Waals surface area contributed by atoms with Crippen molar-refractivity contribution in [3.05, 3.63) is 35.6 Å². The SMILES string of the molecule is O=C(NCCN1CCCCC1)C1(c2cccc(F)c2)CCCC1. The second kappa shape index (κ2) is 7.43. The molecule has 1 aliphatic carbocycles. The van der Waals surface area contributed by atoms with E-state index in [-0.39, 0.29) is 11.7 Å². The monoisotopic (exact) mass is 318 g/mol. The van der Waals surface area contributed by atoms with Crippen molar-refractivity contribution >= 4 is 5.91 Å². The third kappa shape index (κ3) is 3.74. The Balaban J connectivity index is 1.62. The quantitative estimate of drug-likeness (QED) is 0.904. The molecule has 126 valence electrons. The Bertz CT molecular complexity index is 534. The predicted molar refractivity (Wildman–Crippen MR) is 89.8 cm³/mol. The fraction of sp³-hybridized carbons (Fsp3) is 0.632. The van der Waals surface area contributed by atoms with Gasteiger partial charge in [-0.2, -0.15) is 0 Å². The summed E-state index contributed by atoms with van der Waals surface area (Å²) in [7, 11) is 0. The molecule has 1 saturated carbocycles. The first-order valence-electron chi connectivity index (χ1n) is 8.97. The summed E-state index contributed by atoms with van der Waals surface area (Å²) < 4.78 is 13.6. The van der Waals surface area contributed by atoms with Crippen molar-refractivity contribution in [3.63, 3.8) is 0 Å². The van der Waals surface area contributed by atoms with E-state index < -0.39 is 5.41 Å². The summed E-state index contributed by atoms with van der Waals surface area (Å²) >= 11 is 0. The number of hydrogen-bond acceptors (Lipinski definition) is 2. The Labute approximate surface area is 138 Å². The van der Waals surface area contributed by atoms with E-state index >= 15 is 0 Å². The van der Waals surface area contributed by atoms with E-state index in [1.165, 1.54) is 31.4 Å². The maximum absolute atomic E-state index is 13.6. The van der Waals surface area contributed by atoms with Gasteiger partial charge >= 0.3 is 0 Å². The number of carbonyl (C=O) groups excluding carboxylic acids is 1. The standard InChI is InChI=1S/C19H27FN2O/c20-17-8-6-7-16(15-17)19(9-2-3-10-19)18(23)21-11-14-22-12-4-1-5-13-22/h6-8,15H,1-5,9-14H2,(H,21,23). The van der Waals surface area contributed by atoms with Gasteiger partial charge in [-0.3, -0.25) is 4.79 Å². The van der Waals surface area contributed by atoms with E-state index in [0.29, 0.717) is 6.54 Å². The van der Waals surface area contributed by atoms with E-state index in [1.807, 2.05) is 6.07 Å². The third-order valence-electron chi connectivity index (χ3n) is 5.43. The lowest BCUT2D eigenvalue weighted by Crippen LogP contribution is -2.45. The van der Waals surface area contributed by atoms with Gasteiger partial charge in [0.2, 0.25) is 5.91 Å². The van der Waals surface area contributed by atoms with Crippen molar-refractivity contribution in [1.82, 2.24) is 10.2 Å². The predicted octanol–water partition coefficient (Wildman–Crippen LogP) is 3.24. The van der Waals surface area contributed by atoms with Crippen LogP contribution in [0.4, 0.5) is 4.39 Å². The van der Waals surface area contributed by atoms with Crippen molar-refractivity contribution in [2.75, 3.05) is 26.2 Å². The van der Waals surface area contributed by atoms with Gasteiger partial charge in [0, 0.05) is 13.1 Å². The van der Waals surface area contributed by atoms with Crippen LogP contribution in [-0.2, 0) is 10.2 Å². The summed E-state index contributed by atoms with van der Waals surface area (Å²) in [5.74, 6) is -0.174. The van der Waals surface area contributed by atoms with Crippen LogP contribution in [0, 0.1) is 5.82 Å². The Morgan fingerprint density at radius 3 is 2.57 bits per heavy atom. The molecule has 2 fully saturated rings. The first-order valence-corrected chi connectivity index (χ1v) is 8.97. The molecule has 1 heterocycles. The molecule has 2 aliphatic rings. The molecule has 1 saturated heterocycles. The zero-order chi connectivity index (χ0) is 16.1. The fourth-order valence-electron chi connectivity index (χ4n) is 4.09. The second-order valence-electron chi connectivity index (χ2n) is 6.96. The molecule has 3 nitrogen and oxygen atoms in total. The van der Waals surface area contributed by atoms with Gasteiger partial charge in [-0.05, 0) is 56.5 Å². The molecule has 1 aromatic rings. The normalized spacial score (nSPS) is 21.3. The molecule has 0 atom stereocenters. The number of benzene rings is 1. The van der Waals surface area contributed by atoms with Crippen LogP contribution in [-0.4, -0.2) is 37.0 Å². The number of nitrogens with one attached hydrogen (secondary N) is 1. The molecule has 3 rings (SSSR count). The minimum atomic E-state index is -0.524. The van der Waals surface area contributed by atoms with E-state index in [4.69, 9.17) is 0 Å². The zero-order valence-electron chi connectivity index (χ0n) is 13.8. The van der Waals surface area contributed by atoms with Crippen LogP contribution in [0.1, 0.15) is 50.5 Å². The van der Waals surface area contributed by atoms with Gasteiger partial charge < -0.3 is 10.2 Å². The topological polar surface area (TPSA) is 32.3 Å². The van der Waals surface area contributed by atoms with E-state index in [2.05, 4.69) is 10.2 Å². The Morgan fingerprint density at radius 2 is 1.87 bits per heavy atom. The molecule has 0 bridgehead atoms. The first kappa shape index (κ1) is 16.4. The van der Waals surface area contributed by atoms with Crippen LogP contribution in [0.25, 0.3) is 0 Å². The third-order valence-corrected chi connectivity index (χ3v) is 5.43. The molecule has 0 spiro atoms. The molecule has 4 heteroatoms. The van der Waals surface area contributed by atoms with Gasteiger partial charge in [0.05, 0.1) is 5.41 Å². The summed E-state index contributed by atoms with van der Waals surface area (Å²) in [5.41, 5.74) is 0.315. The highest BCUT2D eigenvalue weighted by molar-refractivity contribution is 5.88. The summed E-state index contributed by atoms with van der Waals surface area (Å²) in [5, 5.41) is 3.13. The first-order chi connectivity index (χ1) is 11.2. The minimum absolute atomic E-state index is 0.0811. The molecule has 0 aromatic heterocycles.